The van der Waals surface area contributed by atoms with E-state index in [0.717, 1.165) is 16.9 Å². The summed E-state index contributed by atoms with van der Waals surface area (Å²) < 4.78 is 5.35. The smallest absolute Gasteiger partial charge is 0.274 e. The third kappa shape index (κ3) is 4.46. The first kappa shape index (κ1) is 19.4. The van der Waals surface area contributed by atoms with Crippen LogP contribution in [-0.4, -0.2) is 23.0 Å². The number of carbonyl (C=O) groups is 1. The van der Waals surface area contributed by atoms with E-state index in [-0.39, 0.29) is 5.91 Å². The Bertz CT molecular complexity index is 986. The molecule has 144 valence electrons. The van der Waals surface area contributed by atoms with Gasteiger partial charge in [0.25, 0.3) is 5.91 Å². The predicted molar refractivity (Wildman–Crippen MR) is 112 cm³/mol. The van der Waals surface area contributed by atoms with Gasteiger partial charge < -0.3 is 15.4 Å². The normalized spacial score (nSPS) is 10.6. The molecule has 3 rings (SSSR count). The molecule has 0 atom stereocenters. The molecule has 0 spiro atoms. The molecule has 1 heterocycles. The third-order valence-electron chi connectivity index (χ3n) is 4.27. The summed E-state index contributed by atoms with van der Waals surface area (Å²) in [6.45, 7) is 5.94. The molecular formula is C22H24N4O2. The summed E-state index contributed by atoms with van der Waals surface area (Å²) in [5, 5.41) is 6.16. The van der Waals surface area contributed by atoms with Crippen LogP contribution in [0.5, 0.6) is 5.75 Å². The number of amides is 1. The van der Waals surface area contributed by atoms with Gasteiger partial charge in [0.05, 0.1) is 12.8 Å². The van der Waals surface area contributed by atoms with Crippen LogP contribution >= 0.6 is 0 Å². The summed E-state index contributed by atoms with van der Waals surface area (Å²) in [4.78, 5) is 21.5. The Hall–Kier alpha value is -3.41. The van der Waals surface area contributed by atoms with Crippen LogP contribution in [0.4, 0.5) is 17.2 Å². The van der Waals surface area contributed by atoms with Gasteiger partial charge >= 0.3 is 0 Å². The number of ether oxygens (including phenoxy) is 1. The maximum atomic E-state index is 12.8. The van der Waals surface area contributed by atoms with E-state index in [1.807, 2.05) is 48.5 Å². The van der Waals surface area contributed by atoms with Crippen molar-refractivity contribution in [1.29, 1.82) is 0 Å². The van der Waals surface area contributed by atoms with Gasteiger partial charge in [-0.3, -0.25) is 4.79 Å². The van der Waals surface area contributed by atoms with Crippen LogP contribution < -0.4 is 15.4 Å². The van der Waals surface area contributed by atoms with Crippen LogP contribution in [0, 0.1) is 6.92 Å². The zero-order valence-corrected chi connectivity index (χ0v) is 16.5. The first-order chi connectivity index (χ1) is 13.5. The lowest BCUT2D eigenvalue weighted by Crippen LogP contribution is -2.16. The molecule has 0 unspecified atom stereocenters. The molecule has 0 aliphatic heterocycles. The van der Waals surface area contributed by atoms with E-state index in [1.54, 1.807) is 20.1 Å². The SMILES string of the molecule is COc1ccccc1Nc1cc(C(=O)Nc2ccccc2C(C)C)nc(C)n1. The first-order valence-corrected chi connectivity index (χ1v) is 9.14. The number of carbonyl (C=O) groups excluding carboxylic acids is 1. The molecule has 0 bridgehead atoms. The number of rotatable bonds is 6. The number of aromatic nitrogens is 2. The largest absolute Gasteiger partial charge is 0.495 e. The molecule has 3 aromatic rings. The van der Waals surface area contributed by atoms with E-state index in [9.17, 15) is 4.79 Å². The van der Waals surface area contributed by atoms with E-state index in [0.29, 0.717) is 29.0 Å². The minimum Gasteiger partial charge on any atom is -0.495 e. The summed E-state index contributed by atoms with van der Waals surface area (Å²) in [5.41, 5.74) is 2.93. The number of nitrogens with zero attached hydrogens (tertiary/aromatic N) is 2. The molecule has 0 aliphatic carbocycles. The number of nitrogens with one attached hydrogen (secondary N) is 2. The van der Waals surface area contributed by atoms with E-state index in [1.165, 1.54) is 0 Å². The molecule has 2 aromatic carbocycles. The minimum absolute atomic E-state index is 0.276. The van der Waals surface area contributed by atoms with Crippen molar-refractivity contribution in [3.8, 4) is 5.75 Å². The van der Waals surface area contributed by atoms with Crippen molar-refractivity contribution in [3.05, 3.63) is 71.7 Å². The predicted octanol–water partition coefficient (Wildman–Crippen LogP) is 4.91. The fraction of sp³-hybridized carbons (Fsp3) is 0.227. The number of para-hydroxylation sites is 3. The number of anilines is 3. The van der Waals surface area contributed by atoms with Crippen LogP contribution in [0.2, 0.25) is 0 Å². The maximum Gasteiger partial charge on any atom is 0.274 e. The van der Waals surface area contributed by atoms with Gasteiger partial charge in [-0.15, -0.1) is 0 Å². The molecule has 1 aromatic heterocycles. The highest BCUT2D eigenvalue weighted by Gasteiger charge is 2.14. The quantitative estimate of drug-likeness (QED) is 0.639. The Labute approximate surface area is 165 Å². The van der Waals surface area contributed by atoms with Crippen molar-refractivity contribution in [3.63, 3.8) is 0 Å². The molecule has 6 nitrogen and oxygen atoms in total. The number of hydrogen-bond acceptors (Lipinski definition) is 5. The van der Waals surface area contributed by atoms with Crippen LogP contribution in [0.15, 0.2) is 54.6 Å². The van der Waals surface area contributed by atoms with Gasteiger partial charge in [-0.1, -0.05) is 44.2 Å². The highest BCUT2D eigenvalue weighted by Crippen LogP contribution is 2.27. The Balaban J connectivity index is 1.86. The zero-order chi connectivity index (χ0) is 20.1. The van der Waals surface area contributed by atoms with Crippen LogP contribution in [0.25, 0.3) is 0 Å². The highest BCUT2D eigenvalue weighted by atomic mass is 16.5. The molecule has 1 amide bonds. The molecule has 0 saturated heterocycles. The zero-order valence-electron chi connectivity index (χ0n) is 16.5. The molecular weight excluding hydrogens is 352 g/mol. The lowest BCUT2D eigenvalue weighted by Gasteiger charge is -2.14. The molecule has 6 heteroatoms. The van der Waals surface area contributed by atoms with Gasteiger partial charge in [0.2, 0.25) is 0 Å². The van der Waals surface area contributed by atoms with Gasteiger partial charge in [0.15, 0.2) is 0 Å². The Morgan fingerprint density at radius 3 is 2.39 bits per heavy atom. The Morgan fingerprint density at radius 2 is 1.68 bits per heavy atom. The second-order valence-electron chi connectivity index (χ2n) is 6.71. The summed E-state index contributed by atoms with van der Waals surface area (Å²) in [5.74, 6) is 1.74. The second-order valence-corrected chi connectivity index (χ2v) is 6.71. The van der Waals surface area contributed by atoms with Crippen LogP contribution in [-0.2, 0) is 0 Å². The van der Waals surface area contributed by atoms with Crippen molar-refractivity contribution in [2.75, 3.05) is 17.7 Å². The van der Waals surface area contributed by atoms with E-state index < -0.39 is 0 Å². The summed E-state index contributed by atoms with van der Waals surface area (Å²) in [7, 11) is 1.61. The molecule has 0 aliphatic rings. The van der Waals surface area contributed by atoms with Gasteiger partial charge in [-0.2, -0.15) is 0 Å². The third-order valence-corrected chi connectivity index (χ3v) is 4.27. The molecule has 0 radical (unpaired) electrons. The van der Waals surface area contributed by atoms with Crippen molar-refractivity contribution in [2.24, 2.45) is 0 Å². The van der Waals surface area contributed by atoms with Crippen molar-refractivity contribution in [2.45, 2.75) is 26.7 Å². The van der Waals surface area contributed by atoms with Gasteiger partial charge in [-0.25, -0.2) is 9.97 Å². The standard InChI is InChI=1S/C22H24N4O2/c1-14(2)16-9-5-6-10-17(16)26-22(27)19-13-21(24-15(3)23-19)25-18-11-7-8-12-20(18)28-4/h5-14H,1-4H3,(H,26,27)(H,23,24,25). The summed E-state index contributed by atoms with van der Waals surface area (Å²) >= 11 is 0. The number of aryl methyl sites for hydroxylation is 1. The maximum absolute atomic E-state index is 12.8. The van der Waals surface area contributed by atoms with Crippen LogP contribution in [0.1, 0.15) is 41.6 Å². The average molecular weight is 376 g/mol. The van der Waals surface area contributed by atoms with Gasteiger partial charge in [-0.05, 0) is 36.6 Å². The number of benzene rings is 2. The summed E-state index contributed by atoms with van der Waals surface area (Å²) in [6.07, 6.45) is 0. The fourth-order valence-corrected chi connectivity index (χ4v) is 2.93. The topological polar surface area (TPSA) is 76.1 Å². The van der Waals surface area contributed by atoms with Crippen molar-refractivity contribution < 1.29 is 9.53 Å². The lowest BCUT2D eigenvalue weighted by atomic mass is 10.0. The minimum atomic E-state index is -0.276. The van der Waals surface area contributed by atoms with Gasteiger partial charge in [0.1, 0.15) is 23.1 Å². The fourth-order valence-electron chi connectivity index (χ4n) is 2.93. The molecule has 0 fully saturated rings. The lowest BCUT2D eigenvalue weighted by molar-refractivity contribution is 0.102. The highest BCUT2D eigenvalue weighted by molar-refractivity contribution is 6.03. The number of hydrogen-bond donors (Lipinski definition) is 2. The van der Waals surface area contributed by atoms with E-state index >= 15 is 0 Å². The summed E-state index contributed by atoms with van der Waals surface area (Å²) in [6, 6.07) is 16.9. The molecule has 2 N–H and O–H groups in total. The average Bonchev–Trinajstić information content (AvgIpc) is 2.68. The van der Waals surface area contributed by atoms with E-state index in [2.05, 4.69) is 34.4 Å². The first-order valence-electron chi connectivity index (χ1n) is 9.14. The molecule has 28 heavy (non-hydrogen) atoms. The van der Waals surface area contributed by atoms with Crippen LogP contribution in [0.3, 0.4) is 0 Å². The number of methoxy groups -OCH3 is 1. The van der Waals surface area contributed by atoms with Gasteiger partial charge in [0, 0.05) is 11.8 Å². The molecule has 0 saturated carbocycles. The second kappa shape index (κ2) is 8.52. The Morgan fingerprint density at radius 1 is 1.00 bits per heavy atom. The van der Waals surface area contributed by atoms with E-state index in [4.69, 9.17) is 4.74 Å². The Kier molecular flexibility index (Phi) is 5.89. The van der Waals surface area contributed by atoms with Crippen molar-refractivity contribution in [1.82, 2.24) is 9.97 Å². The monoisotopic (exact) mass is 376 g/mol. The van der Waals surface area contributed by atoms with Crippen molar-refractivity contribution >= 4 is 23.1 Å².